The number of nitrogens with zero attached hydrogens (tertiary/aromatic N) is 2. The van der Waals surface area contributed by atoms with Crippen LogP contribution in [0.3, 0.4) is 0 Å². The highest BCUT2D eigenvalue weighted by molar-refractivity contribution is 5.94. The van der Waals surface area contributed by atoms with Crippen LogP contribution in [0.2, 0.25) is 0 Å². The van der Waals surface area contributed by atoms with Crippen molar-refractivity contribution in [2.24, 2.45) is 0 Å². The van der Waals surface area contributed by atoms with E-state index < -0.39 is 5.82 Å². The number of carbonyl (C=O) groups excluding carboxylic acids is 1. The Morgan fingerprint density at radius 2 is 1.73 bits per heavy atom. The van der Waals surface area contributed by atoms with E-state index >= 15 is 0 Å². The third kappa shape index (κ3) is 2.88. The number of hydrogen-bond acceptors (Lipinski definition) is 3. The molecule has 5 heteroatoms. The van der Waals surface area contributed by atoms with Gasteiger partial charge in [-0.1, -0.05) is 18.2 Å². The quantitative estimate of drug-likeness (QED) is 0.866. The lowest BCUT2D eigenvalue weighted by molar-refractivity contribution is 0.0742. The molecule has 0 atom stereocenters. The van der Waals surface area contributed by atoms with E-state index in [2.05, 4.69) is 4.90 Å². The van der Waals surface area contributed by atoms with Crippen molar-refractivity contribution in [3.8, 4) is 0 Å². The van der Waals surface area contributed by atoms with Gasteiger partial charge in [-0.3, -0.25) is 4.79 Å². The Bertz CT molecular complexity index is 681. The number of benzene rings is 2. The van der Waals surface area contributed by atoms with Crippen molar-refractivity contribution in [1.29, 1.82) is 0 Å². The van der Waals surface area contributed by atoms with E-state index in [4.69, 9.17) is 5.73 Å². The molecule has 1 aliphatic rings. The van der Waals surface area contributed by atoms with Crippen molar-refractivity contribution in [2.75, 3.05) is 36.8 Å². The smallest absolute Gasteiger partial charge is 0.256 e. The molecule has 2 aromatic rings. The third-order valence-corrected chi connectivity index (χ3v) is 3.91. The average Bonchev–Trinajstić information content (AvgIpc) is 2.55. The molecule has 0 saturated carbocycles. The summed E-state index contributed by atoms with van der Waals surface area (Å²) in [5, 5.41) is 0. The molecule has 0 aliphatic carbocycles. The molecule has 0 radical (unpaired) electrons. The summed E-state index contributed by atoms with van der Waals surface area (Å²) in [7, 11) is 0. The molecule has 1 saturated heterocycles. The highest BCUT2D eigenvalue weighted by Gasteiger charge is 2.23. The van der Waals surface area contributed by atoms with Crippen molar-refractivity contribution in [1.82, 2.24) is 4.90 Å². The van der Waals surface area contributed by atoms with E-state index in [-0.39, 0.29) is 11.5 Å². The van der Waals surface area contributed by atoms with Crippen molar-refractivity contribution in [2.45, 2.75) is 0 Å². The first-order valence-electron chi connectivity index (χ1n) is 7.29. The first kappa shape index (κ1) is 14.4. The fraction of sp³-hybridized carbons (Fsp3) is 0.235. The summed E-state index contributed by atoms with van der Waals surface area (Å²) in [5.74, 6) is -0.712. The van der Waals surface area contributed by atoms with Gasteiger partial charge in [0.25, 0.3) is 5.91 Å². The van der Waals surface area contributed by atoms with Crippen LogP contribution in [0.1, 0.15) is 10.4 Å². The topological polar surface area (TPSA) is 49.6 Å². The number of piperazine rings is 1. The molecule has 1 aliphatic heterocycles. The number of carbonyl (C=O) groups is 1. The van der Waals surface area contributed by atoms with Crippen LogP contribution < -0.4 is 10.6 Å². The van der Waals surface area contributed by atoms with Gasteiger partial charge in [-0.05, 0) is 30.3 Å². The van der Waals surface area contributed by atoms with Gasteiger partial charge in [-0.15, -0.1) is 0 Å². The second-order valence-corrected chi connectivity index (χ2v) is 5.35. The lowest BCUT2D eigenvalue weighted by atomic mass is 10.1. The molecule has 0 spiro atoms. The maximum atomic E-state index is 13.7. The van der Waals surface area contributed by atoms with Crippen molar-refractivity contribution >= 4 is 17.3 Å². The summed E-state index contributed by atoms with van der Waals surface area (Å²) in [6, 6.07) is 13.8. The number of nitrogen functional groups attached to an aromatic ring is 1. The van der Waals surface area contributed by atoms with E-state index in [0.717, 1.165) is 11.4 Å². The molecule has 3 rings (SSSR count). The molecule has 2 aromatic carbocycles. The summed E-state index contributed by atoms with van der Waals surface area (Å²) in [4.78, 5) is 16.2. The minimum Gasteiger partial charge on any atom is -0.399 e. The lowest BCUT2D eigenvalue weighted by Crippen LogP contribution is -2.49. The Morgan fingerprint density at radius 3 is 2.41 bits per heavy atom. The van der Waals surface area contributed by atoms with Gasteiger partial charge in [0.2, 0.25) is 0 Å². The van der Waals surface area contributed by atoms with Crippen LogP contribution in [0.15, 0.2) is 48.5 Å². The van der Waals surface area contributed by atoms with E-state index in [9.17, 15) is 9.18 Å². The van der Waals surface area contributed by atoms with Crippen LogP contribution in [-0.4, -0.2) is 37.0 Å². The Hall–Kier alpha value is -2.56. The standard InChI is InChI=1S/C17H18FN3O/c18-16-7-2-1-6-15(16)17(22)21-10-8-20(9-11-21)14-5-3-4-13(19)12-14/h1-7,12H,8-11,19H2. The van der Waals surface area contributed by atoms with Crippen LogP contribution in [0, 0.1) is 5.82 Å². The first-order chi connectivity index (χ1) is 10.6. The maximum Gasteiger partial charge on any atom is 0.256 e. The van der Waals surface area contributed by atoms with Gasteiger partial charge < -0.3 is 15.5 Å². The Labute approximate surface area is 128 Å². The Morgan fingerprint density at radius 1 is 1.00 bits per heavy atom. The molecule has 0 unspecified atom stereocenters. The van der Waals surface area contributed by atoms with E-state index in [1.165, 1.54) is 12.1 Å². The van der Waals surface area contributed by atoms with E-state index in [1.807, 2.05) is 24.3 Å². The fourth-order valence-corrected chi connectivity index (χ4v) is 2.69. The van der Waals surface area contributed by atoms with Gasteiger partial charge in [-0.2, -0.15) is 0 Å². The molecule has 1 heterocycles. The second kappa shape index (κ2) is 6.05. The highest BCUT2D eigenvalue weighted by atomic mass is 19.1. The van der Waals surface area contributed by atoms with E-state index in [0.29, 0.717) is 26.2 Å². The molecule has 0 aromatic heterocycles. The summed E-state index contributed by atoms with van der Waals surface area (Å²) >= 11 is 0. The zero-order valence-electron chi connectivity index (χ0n) is 12.2. The van der Waals surface area contributed by atoms with Gasteiger partial charge in [0.05, 0.1) is 5.56 Å². The predicted molar refractivity (Wildman–Crippen MR) is 85.4 cm³/mol. The highest BCUT2D eigenvalue weighted by Crippen LogP contribution is 2.20. The number of amides is 1. The lowest BCUT2D eigenvalue weighted by Gasteiger charge is -2.36. The van der Waals surface area contributed by atoms with Gasteiger partial charge in [0.1, 0.15) is 5.82 Å². The number of halogens is 1. The molecular formula is C17H18FN3O. The summed E-state index contributed by atoms with van der Waals surface area (Å²) in [5.41, 5.74) is 7.72. The molecule has 4 nitrogen and oxygen atoms in total. The largest absolute Gasteiger partial charge is 0.399 e. The van der Waals surface area contributed by atoms with Gasteiger partial charge >= 0.3 is 0 Å². The van der Waals surface area contributed by atoms with E-state index in [1.54, 1.807) is 17.0 Å². The van der Waals surface area contributed by atoms with Crippen LogP contribution in [0.5, 0.6) is 0 Å². The van der Waals surface area contributed by atoms with Gasteiger partial charge in [-0.25, -0.2) is 4.39 Å². The SMILES string of the molecule is Nc1cccc(N2CCN(C(=O)c3ccccc3F)CC2)c1. The predicted octanol–water partition coefficient (Wildman–Crippen LogP) is 2.37. The molecule has 2 N–H and O–H groups in total. The zero-order valence-corrected chi connectivity index (χ0v) is 12.2. The number of rotatable bonds is 2. The molecular weight excluding hydrogens is 281 g/mol. The van der Waals surface area contributed by atoms with Gasteiger partial charge in [0.15, 0.2) is 0 Å². The van der Waals surface area contributed by atoms with Crippen molar-refractivity contribution in [3.63, 3.8) is 0 Å². The Balaban J connectivity index is 1.67. The minimum atomic E-state index is -0.467. The molecule has 1 fully saturated rings. The second-order valence-electron chi connectivity index (χ2n) is 5.35. The average molecular weight is 299 g/mol. The molecule has 1 amide bonds. The number of nitrogens with two attached hydrogens (primary N) is 1. The molecule has 0 bridgehead atoms. The van der Waals surface area contributed by atoms with Crippen molar-refractivity contribution < 1.29 is 9.18 Å². The Kier molecular flexibility index (Phi) is 3.96. The van der Waals surface area contributed by atoms with Crippen LogP contribution in [-0.2, 0) is 0 Å². The molecule has 22 heavy (non-hydrogen) atoms. The van der Waals surface area contributed by atoms with Crippen LogP contribution in [0.4, 0.5) is 15.8 Å². The summed E-state index contributed by atoms with van der Waals surface area (Å²) in [6.07, 6.45) is 0. The van der Waals surface area contributed by atoms with Gasteiger partial charge in [0, 0.05) is 37.6 Å². The minimum absolute atomic E-state index is 0.139. The monoisotopic (exact) mass is 299 g/mol. The number of anilines is 2. The summed E-state index contributed by atoms with van der Waals surface area (Å²) < 4.78 is 13.7. The van der Waals surface area contributed by atoms with Crippen LogP contribution >= 0.6 is 0 Å². The fourth-order valence-electron chi connectivity index (χ4n) is 2.69. The maximum absolute atomic E-state index is 13.7. The third-order valence-electron chi connectivity index (χ3n) is 3.91. The normalized spacial score (nSPS) is 15.0. The summed E-state index contributed by atoms with van der Waals surface area (Å²) in [6.45, 7) is 2.57. The first-order valence-corrected chi connectivity index (χ1v) is 7.29. The number of hydrogen-bond donors (Lipinski definition) is 1. The molecule has 114 valence electrons. The zero-order chi connectivity index (χ0) is 15.5. The van der Waals surface area contributed by atoms with Crippen LogP contribution in [0.25, 0.3) is 0 Å². The van der Waals surface area contributed by atoms with Crippen molar-refractivity contribution in [3.05, 3.63) is 59.9 Å².